The molecule has 0 bridgehead atoms. The fraction of sp³-hybridized carbons (Fsp3) is 0.333. The highest BCUT2D eigenvalue weighted by atomic mass is 16.5. The summed E-state index contributed by atoms with van der Waals surface area (Å²) in [5.74, 6) is 0.714. The summed E-state index contributed by atoms with van der Waals surface area (Å²) in [4.78, 5) is 16.3. The van der Waals surface area contributed by atoms with Gasteiger partial charge in [0.25, 0.3) is 5.91 Å². The second-order valence-electron chi connectivity index (χ2n) is 5.58. The third-order valence-electron chi connectivity index (χ3n) is 3.33. The van der Waals surface area contributed by atoms with Crippen molar-refractivity contribution in [3.8, 4) is 5.75 Å². The Morgan fingerprint density at radius 2 is 2.04 bits per heavy atom. The van der Waals surface area contributed by atoms with Crippen molar-refractivity contribution in [1.82, 2.24) is 10.3 Å². The number of pyridine rings is 1. The maximum atomic E-state index is 12.2. The molecule has 122 valence electrons. The van der Waals surface area contributed by atoms with Crippen LogP contribution in [0.25, 0.3) is 0 Å². The van der Waals surface area contributed by atoms with Crippen molar-refractivity contribution in [3.05, 3.63) is 53.9 Å². The van der Waals surface area contributed by atoms with E-state index in [0.717, 1.165) is 17.0 Å². The van der Waals surface area contributed by atoms with E-state index in [4.69, 9.17) is 4.74 Å². The maximum absolute atomic E-state index is 12.2. The normalized spacial score (nSPS) is 10.4. The SMILES string of the molecule is COc1ccccc1CCNC(=O)c1cncc(NC(C)C)c1. The molecule has 2 N–H and O–H groups in total. The maximum Gasteiger partial charge on any atom is 0.252 e. The second-order valence-corrected chi connectivity index (χ2v) is 5.58. The highest BCUT2D eigenvalue weighted by Crippen LogP contribution is 2.17. The lowest BCUT2D eigenvalue weighted by molar-refractivity contribution is 0.0953. The lowest BCUT2D eigenvalue weighted by Gasteiger charge is -2.11. The van der Waals surface area contributed by atoms with E-state index in [-0.39, 0.29) is 5.91 Å². The summed E-state index contributed by atoms with van der Waals surface area (Å²) in [6, 6.07) is 9.92. The van der Waals surface area contributed by atoms with Gasteiger partial charge in [0.1, 0.15) is 5.75 Å². The highest BCUT2D eigenvalue weighted by molar-refractivity contribution is 5.94. The molecule has 0 spiro atoms. The van der Waals surface area contributed by atoms with Crippen LogP contribution in [0.15, 0.2) is 42.7 Å². The minimum atomic E-state index is -0.125. The number of benzene rings is 1. The van der Waals surface area contributed by atoms with Crippen LogP contribution in [0, 0.1) is 0 Å². The topological polar surface area (TPSA) is 63.2 Å². The van der Waals surface area contributed by atoms with Crippen LogP contribution in [0.2, 0.25) is 0 Å². The second kappa shape index (κ2) is 8.17. The van der Waals surface area contributed by atoms with Crippen molar-refractivity contribution >= 4 is 11.6 Å². The van der Waals surface area contributed by atoms with Crippen molar-refractivity contribution < 1.29 is 9.53 Å². The first kappa shape index (κ1) is 16.8. The first-order valence-corrected chi connectivity index (χ1v) is 7.72. The number of nitrogens with zero attached hydrogens (tertiary/aromatic N) is 1. The number of amides is 1. The molecule has 0 saturated carbocycles. The van der Waals surface area contributed by atoms with Crippen LogP contribution in [-0.2, 0) is 6.42 Å². The summed E-state index contributed by atoms with van der Waals surface area (Å²) in [5, 5.41) is 6.16. The molecule has 0 fully saturated rings. The molecular weight excluding hydrogens is 290 g/mol. The van der Waals surface area contributed by atoms with Crippen LogP contribution in [0.5, 0.6) is 5.75 Å². The predicted octanol–water partition coefficient (Wildman–Crippen LogP) is 2.88. The van der Waals surface area contributed by atoms with Gasteiger partial charge >= 0.3 is 0 Å². The fourth-order valence-electron chi connectivity index (χ4n) is 2.30. The number of carbonyl (C=O) groups is 1. The molecule has 0 saturated heterocycles. The van der Waals surface area contributed by atoms with Gasteiger partial charge in [0.2, 0.25) is 0 Å². The molecule has 5 heteroatoms. The molecule has 2 aromatic rings. The number of carbonyl (C=O) groups excluding carboxylic acids is 1. The van der Waals surface area contributed by atoms with E-state index in [9.17, 15) is 4.79 Å². The standard InChI is InChI=1S/C18H23N3O2/c1-13(2)21-16-10-15(11-19-12-16)18(22)20-9-8-14-6-4-5-7-17(14)23-3/h4-7,10-13,21H,8-9H2,1-3H3,(H,20,22). The number of aromatic nitrogens is 1. The van der Waals surface area contributed by atoms with Gasteiger partial charge in [-0.3, -0.25) is 9.78 Å². The molecule has 0 atom stereocenters. The summed E-state index contributed by atoms with van der Waals surface area (Å²) >= 11 is 0. The molecule has 0 unspecified atom stereocenters. The molecule has 1 aromatic carbocycles. The lowest BCUT2D eigenvalue weighted by Crippen LogP contribution is -2.26. The summed E-state index contributed by atoms with van der Waals surface area (Å²) in [6.45, 7) is 4.63. The number of nitrogens with one attached hydrogen (secondary N) is 2. The predicted molar refractivity (Wildman–Crippen MR) is 92.0 cm³/mol. The summed E-state index contributed by atoms with van der Waals surface area (Å²) in [7, 11) is 1.65. The van der Waals surface area contributed by atoms with Gasteiger partial charge in [-0.25, -0.2) is 0 Å². The quantitative estimate of drug-likeness (QED) is 0.825. The molecule has 23 heavy (non-hydrogen) atoms. The number of hydrogen-bond acceptors (Lipinski definition) is 4. The molecular formula is C18H23N3O2. The smallest absolute Gasteiger partial charge is 0.252 e. The highest BCUT2D eigenvalue weighted by Gasteiger charge is 2.08. The first-order valence-electron chi connectivity index (χ1n) is 7.72. The van der Waals surface area contributed by atoms with E-state index in [1.54, 1.807) is 19.5 Å². The molecule has 0 radical (unpaired) electrons. The van der Waals surface area contributed by atoms with Gasteiger partial charge in [-0.1, -0.05) is 18.2 Å². The van der Waals surface area contributed by atoms with E-state index >= 15 is 0 Å². The van der Waals surface area contributed by atoms with Crippen LogP contribution < -0.4 is 15.4 Å². The van der Waals surface area contributed by atoms with E-state index in [2.05, 4.69) is 15.6 Å². The lowest BCUT2D eigenvalue weighted by atomic mass is 10.1. The third kappa shape index (κ3) is 4.98. The van der Waals surface area contributed by atoms with Crippen LogP contribution in [-0.4, -0.2) is 30.6 Å². The zero-order valence-corrected chi connectivity index (χ0v) is 13.8. The van der Waals surface area contributed by atoms with Gasteiger partial charge in [-0.15, -0.1) is 0 Å². The number of ether oxygens (including phenoxy) is 1. The minimum absolute atomic E-state index is 0.125. The van der Waals surface area contributed by atoms with Crippen molar-refractivity contribution in [2.75, 3.05) is 19.0 Å². The van der Waals surface area contributed by atoms with Crippen LogP contribution in [0.4, 0.5) is 5.69 Å². The zero-order chi connectivity index (χ0) is 16.7. The Balaban J connectivity index is 1.92. The van der Waals surface area contributed by atoms with Gasteiger partial charge in [0.15, 0.2) is 0 Å². The molecule has 1 heterocycles. The number of methoxy groups -OCH3 is 1. The average Bonchev–Trinajstić information content (AvgIpc) is 2.55. The van der Waals surface area contributed by atoms with Gasteiger partial charge in [0.05, 0.1) is 18.4 Å². The third-order valence-corrected chi connectivity index (χ3v) is 3.33. The monoisotopic (exact) mass is 313 g/mol. The largest absolute Gasteiger partial charge is 0.496 e. The van der Waals surface area contributed by atoms with E-state index in [1.807, 2.05) is 44.2 Å². The van der Waals surface area contributed by atoms with Gasteiger partial charge in [0, 0.05) is 25.0 Å². The molecule has 0 aliphatic heterocycles. The van der Waals surface area contributed by atoms with Gasteiger partial charge in [-0.2, -0.15) is 0 Å². The van der Waals surface area contributed by atoms with Crippen LogP contribution >= 0.6 is 0 Å². The van der Waals surface area contributed by atoms with Crippen molar-refractivity contribution in [2.45, 2.75) is 26.3 Å². The Bertz CT molecular complexity index is 656. The van der Waals surface area contributed by atoms with Crippen molar-refractivity contribution in [1.29, 1.82) is 0 Å². The summed E-state index contributed by atoms with van der Waals surface area (Å²) in [6.07, 6.45) is 4.00. The van der Waals surface area contributed by atoms with E-state index in [0.29, 0.717) is 24.6 Å². The Morgan fingerprint density at radius 3 is 2.78 bits per heavy atom. The fourth-order valence-corrected chi connectivity index (χ4v) is 2.30. The Morgan fingerprint density at radius 1 is 1.26 bits per heavy atom. The summed E-state index contributed by atoms with van der Waals surface area (Å²) < 4.78 is 5.31. The average molecular weight is 313 g/mol. The van der Waals surface area contributed by atoms with Crippen molar-refractivity contribution in [2.24, 2.45) is 0 Å². The van der Waals surface area contributed by atoms with Gasteiger partial charge < -0.3 is 15.4 Å². The molecule has 5 nitrogen and oxygen atoms in total. The molecule has 1 amide bonds. The first-order chi connectivity index (χ1) is 11.1. The Hall–Kier alpha value is -2.56. The van der Waals surface area contributed by atoms with E-state index < -0.39 is 0 Å². The zero-order valence-electron chi connectivity index (χ0n) is 13.8. The van der Waals surface area contributed by atoms with Crippen molar-refractivity contribution in [3.63, 3.8) is 0 Å². The number of hydrogen-bond donors (Lipinski definition) is 2. The minimum Gasteiger partial charge on any atom is -0.496 e. The molecule has 0 aliphatic carbocycles. The number of para-hydroxylation sites is 1. The Kier molecular flexibility index (Phi) is 5.97. The van der Waals surface area contributed by atoms with E-state index in [1.165, 1.54) is 0 Å². The number of anilines is 1. The molecule has 1 aromatic heterocycles. The summed E-state index contributed by atoms with van der Waals surface area (Å²) in [5.41, 5.74) is 2.47. The molecule has 2 rings (SSSR count). The van der Waals surface area contributed by atoms with Crippen LogP contribution in [0.3, 0.4) is 0 Å². The Labute approximate surface area is 137 Å². The number of rotatable bonds is 7. The van der Waals surface area contributed by atoms with Crippen LogP contribution in [0.1, 0.15) is 29.8 Å². The molecule has 0 aliphatic rings. The van der Waals surface area contributed by atoms with Gasteiger partial charge in [-0.05, 0) is 38.0 Å².